The van der Waals surface area contributed by atoms with E-state index in [0.29, 0.717) is 31.9 Å². The molecule has 238 valence electrons. The van der Waals surface area contributed by atoms with Crippen molar-refractivity contribution in [3.05, 3.63) is 89.5 Å². The number of amides is 1. The summed E-state index contributed by atoms with van der Waals surface area (Å²) in [5, 5.41) is 21.0. The first-order valence-electron chi connectivity index (χ1n) is 15.5. The number of benzene rings is 3. The molecule has 0 aromatic heterocycles. The van der Waals surface area contributed by atoms with Crippen LogP contribution in [0.25, 0.3) is 0 Å². The van der Waals surface area contributed by atoms with Crippen LogP contribution in [0.5, 0.6) is 11.5 Å². The summed E-state index contributed by atoms with van der Waals surface area (Å²) in [5.41, 5.74) is 4.20. The Balaban J connectivity index is 0.00000178. The Morgan fingerprint density at radius 1 is 0.814 bits per heavy atom. The van der Waals surface area contributed by atoms with Gasteiger partial charge in [-0.1, -0.05) is 84.0 Å². The third-order valence-electron chi connectivity index (χ3n) is 6.48. The molecular formula is C36H54N2O5. The van der Waals surface area contributed by atoms with Gasteiger partial charge in [0.05, 0.1) is 6.10 Å². The average Bonchev–Trinajstić information content (AvgIpc) is 3.07. The summed E-state index contributed by atoms with van der Waals surface area (Å²) in [5.74, 6) is 1.08. The van der Waals surface area contributed by atoms with E-state index in [9.17, 15) is 15.0 Å². The lowest BCUT2D eigenvalue weighted by molar-refractivity contribution is -0.146. The monoisotopic (exact) mass is 594 g/mol. The van der Waals surface area contributed by atoms with Crippen LogP contribution in [-0.4, -0.2) is 65.7 Å². The summed E-state index contributed by atoms with van der Waals surface area (Å²) in [4.78, 5) is 25.4. The maximum atomic E-state index is 12.8. The van der Waals surface area contributed by atoms with Crippen LogP contribution in [0.2, 0.25) is 0 Å². The standard InChI is InChI=1S/C28H32N2O4.C2H4O.3C2H6/c1-20-7-6-10-26(21(20)2)34-24-13-11-22(12-14-24)19-25(31)27(32)28(33)30-17-15-29(16-18-30)23-8-4-3-5-9-23;1-2-3;3*1-2/h3-14,25,27,31-32H,15-19H2,1-2H3;2H,1H3;3*1-2H3. The smallest absolute Gasteiger partial charge is 0.254 e. The number of hydrogen-bond acceptors (Lipinski definition) is 6. The van der Waals surface area contributed by atoms with Crippen molar-refractivity contribution in [1.82, 2.24) is 4.90 Å². The first-order valence-corrected chi connectivity index (χ1v) is 15.5. The molecule has 1 aliphatic heterocycles. The lowest BCUT2D eigenvalue weighted by atomic mass is 10.0. The number of carbonyl (C=O) groups excluding carboxylic acids is 2. The van der Waals surface area contributed by atoms with Gasteiger partial charge in [0.15, 0.2) is 6.10 Å². The van der Waals surface area contributed by atoms with Gasteiger partial charge in [-0.2, -0.15) is 0 Å². The first kappa shape index (κ1) is 39.3. The number of anilines is 1. The summed E-state index contributed by atoms with van der Waals surface area (Å²) in [6.45, 7) is 19.9. The molecule has 43 heavy (non-hydrogen) atoms. The Hall–Kier alpha value is -3.68. The predicted octanol–water partition coefficient (Wildman–Crippen LogP) is 6.99. The van der Waals surface area contributed by atoms with Gasteiger partial charge in [0, 0.05) is 38.3 Å². The second kappa shape index (κ2) is 22.9. The zero-order valence-electron chi connectivity index (χ0n) is 27.7. The highest BCUT2D eigenvalue weighted by Crippen LogP contribution is 2.27. The quantitative estimate of drug-likeness (QED) is 0.287. The van der Waals surface area contributed by atoms with Crippen molar-refractivity contribution in [2.24, 2.45) is 0 Å². The fourth-order valence-corrected chi connectivity index (χ4v) is 4.18. The molecule has 1 saturated heterocycles. The van der Waals surface area contributed by atoms with Gasteiger partial charge in [-0.15, -0.1) is 0 Å². The Morgan fingerprint density at radius 2 is 1.35 bits per heavy atom. The van der Waals surface area contributed by atoms with E-state index < -0.39 is 18.1 Å². The van der Waals surface area contributed by atoms with Crippen LogP contribution >= 0.6 is 0 Å². The van der Waals surface area contributed by atoms with E-state index >= 15 is 0 Å². The molecule has 3 aromatic carbocycles. The maximum Gasteiger partial charge on any atom is 0.254 e. The van der Waals surface area contributed by atoms with Crippen LogP contribution in [0.3, 0.4) is 0 Å². The normalized spacial score (nSPS) is 13.1. The van der Waals surface area contributed by atoms with Gasteiger partial charge in [0.1, 0.15) is 17.8 Å². The van der Waals surface area contributed by atoms with E-state index in [1.54, 1.807) is 4.90 Å². The predicted molar refractivity (Wildman–Crippen MR) is 179 cm³/mol. The van der Waals surface area contributed by atoms with E-state index in [1.165, 1.54) is 6.92 Å². The second-order valence-electron chi connectivity index (χ2n) is 9.04. The molecule has 3 aromatic rings. The van der Waals surface area contributed by atoms with E-state index in [2.05, 4.69) is 17.0 Å². The van der Waals surface area contributed by atoms with Crippen LogP contribution in [0.4, 0.5) is 5.69 Å². The number of aliphatic hydroxyl groups excluding tert-OH is 2. The van der Waals surface area contributed by atoms with Crippen molar-refractivity contribution >= 4 is 17.9 Å². The molecule has 2 N–H and O–H groups in total. The Bertz CT molecular complexity index is 1140. The van der Waals surface area contributed by atoms with Crippen molar-refractivity contribution in [1.29, 1.82) is 0 Å². The number of hydrogen-bond donors (Lipinski definition) is 2. The Morgan fingerprint density at radius 3 is 1.88 bits per heavy atom. The molecule has 4 rings (SSSR count). The van der Waals surface area contributed by atoms with Gasteiger partial charge in [0.2, 0.25) is 0 Å². The van der Waals surface area contributed by atoms with Gasteiger partial charge in [-0.05, 0) is 67.8 Å². The van der Waals surface area contributed by atoms with Crippen molar-refractivity contribution in [3.8, 4) is 11.5 Å². The molecule has 7 heteroatoms. The summed E-state index contributed by atoms with van der Waals surface area (Å²) in [6.07, 6.45) is -1.69. The number of aldehydes is 1. The number of aryl methyl sites for hydroxylation is 1. The number of aliphatic hydroxyl groups is 2. The summed E-state index contributed by atoms with van der Waals surface area (Å²) in [6, 6.07) is 23.4. The SMILES string of the molecule is CC.CC.CC.CC=O.Cc1cccc(Oc2ccc(CC(O)C(O)C(=O)N3CCN(c4ccccc4)CC3)cc2)c1C. The zero-order valence-corrected chi connectivity index (χ0v) is 27.7. The molecule has 7 nitrogen and oxygen atoms in total. The molecular weight excluding hydrogens is 540 g/mol. The van der Waals surface area contributed by atoms with E-state index in [0.717, 1.165) is 34.4 Å². The largest absolute Gasteiger partial charge is 0.457 e. The topological polar surface area (TPSA) is 90.3 Å². The molecule has 2 atom stereocenters. The molecule has 0 aliphatic carbocycles. The third kappa shape index (κ3) is 13.0. The average molecular weight is 595 g/mol. The van der Waals surface area contributed by atoms with Gasteiger partial charge in [-0.3, -0.25) is 4.79 Å². The fourth-order valence-electron chi connectivity index (χ4n) is 4.18. The lowest BCUT2D eigenvalue weighted by Crippen LogP contribution is -2.53. The van der Waals surface area contributed by atoms with Gasteiger partial charge >= 0.3 is 0 Å². The number of para-hydroxylation sites is 1. The minimum absolute atomic E-state index is 0.181. The molecule has 0 saturated carbocycles. The molecule has 1 aliphatic rings. The van der Waals surface area contributed by atoms with E-state index in [1.807, 2.05) is 116 Å². The van der Waals surface area contributed by atoms with Crippen molar-refractivity contribution < 1.29 is 24.5 Å². The fraction of sp³-hybridized carbons (Fsp3) is 0.444. The number of carbonyl (C=O) groups is 2. The van der Waals surface area contributed by atoms with Crippen LogP contribution in [0.15, 0.2) is 72.8 Å². The maximum absolute atomic E-state index is 12.8. The minimum atomic E-state index is -1.45. The molecule has 0 spiro atoms. The molecule has 0 bridgehead atoms. The van der Waals surface area contributed by atoms with E-state index in [4.69, 9.17) is 9.53 Å². The number of nitrogens with zero attached hydrogens (tertiary/aromatic N) is 2. The van der Waals surface area contributed by atoms with Gasteiger partial charge in [-0.25, -0.2) is 0 Å². The number of ether oxygens (including phenoxy) is 1. The summed E-state index contributed by atoms with van der Waals surface area (Å²) in [7, 11) is 0. The molecule has 1 heterocycles. The highest BCUT2D eigenvalue weighted by molar-refractivity contribution is 5.81. The number of piperazine rings is 1. The van der Waals surface area contributed by atoms with Gasteiger partial charge in [0.25, 0.3) is 5.91 Å². The van der Waals surface area contributed by atoms with Crippen molar-refractivity contribution in [2.75, 3.05) is 31.1 Å². The molecule has 1 amide bonds. The third-order valence-corrected chi connectivity index (χ3v) is 6.48. The summed E-state index contributed by atoms with van der Waals surface area (Å²) >= 11 is 0. The second-order valence-corrected chi connectivity index (χ2v) is 9.04. The molecule has 1 fully saturated rings. The van der Waals surface area contributed by atoms with Crippen molar-refractivity contribution in [2.45, 2.75) is 80.9 Å². The Kier molecular flexibility index (Phi) is 20.9. The lowest BCUT2D eigenvalue weighted by Gasteiger charge is -2.37. The van der Waals surface area contributed by atoms with Crippen LogP contribution < -0.4 is 9.64 Å². The van der Waals surface area contributed by atoms with Gasteiger partial charge < -0.3 is 29.5 Å². The number of rotatable bonds is 7. The van der Waals surface area contributed by atoms with Crippen LogP contribution in [0, 0.1) is 13.8 Å². The zero-order chi connectivity index (χ0) is 32.8. The summed E-state index contributed by atoms with van der Waals surface area (Å²) < 4.78 is 5.98. The minimum Gasteiger partial charge on any atom is -0.457 e. The van der Waals surface area contributed by atoms with Crippen LogP contribution in [0.1, 0.15) is 65.2 Å². The van der Waals surface area contributed by atoms with Crippen molar-refractivity contribution in [3.63, 3.8) is 0 Å². The van der Waals surface area contributed by atoms with E-state index in [-0.39, 0.29) is 6.42 Å². The molecule has 2 unspecified atom stereocenters. The first-order chi connectivity index (χ1) is 20.8. The highest BCUT2D eigenvalue weighted by Gasteiger charge is 2.31. The highest BCUT2D eigenvalue weighted by atomic mass is 16.5. The molecule has 0 radical (unpaired) electrons. The van der Waals surface area contributed by atoms with Crippen LogP contribution in [-0.2, 0) is 16.0 Å². The Labute approximate surface area is 260 Å².